The van der Waals surface area contributed by atoms with Crippen molar-refractivity contribution in [3.8, 4) is 6.07 Å². The second-order valence-electron chi connectivity index (χ2n) is 2.96. The Morgan fingerprint density at radius 3 is 2.47 bits per heavy atom. The summed E-state index contributed by atoms with van der Waals surface area (Å²) in [7, 11) is 2.35. The number of hydrogen-bond acceptors (Lipinski definition) is 6. The Labute approximate surface area is 96.9 Å². The third-order valence-corrected chi connectivity index (χ3v) is 1.99. The minimum Gasteiger partial charge on any atom is -0.465 e. The number of nitrogens with one attached hydrogen (secondary N) is 1. The normalized spacial score (nSPS) is 9.29. The molecule has 0 atom stereocenters. The first kappa shape index (κ1) is 12.6. The Morgan fingerprint density at radius 1 is 1.35 bits per heavy atom. The van der Waals surface area contributed by atoms with Crippen LogP contribution in [0.15, 0.2) is 4.42 Å². The second kappa shape index (κ2) is 5.03. The molecular formula is C10H10N2O5. The molecule has 17 heavy (non-hydrogen) atoms. The molecule has 0 aliphatic rings. The van der Waals surface area contributed by atoms with E-state index in [-0.39, 0.29) is 22.8 Å². The third-order valence-electron chi connectivity index (χ3n) is 1.99. The first-order valence-corrected chi connectivity index (χ1v) is 4.51. The molecule has 90 valence electrons. The fraction of sp³-hybridized carbons (Fsp3) is 0.300. The molecule has 0 bridgehead atoms. The van der Waals surface area contributed by atoms with Gasteiger partial charge in [-0.1, -0.05) is 0 Å². The molecule has 7 heteroatoms. The Balaban J connectivity index is 3.22. The van der Waals surface area contributed by atoms with E-state index in [0.717, 1.165) is 0 Å². The molecule has 1 rings (SSSR count). The molecule has 1 heterocycles. The van der Waals surface area contributed by atoms with Crippen LogP contribution in [0.4, 0.5) is 10.7 Å². The molecule has 0 aliphatic carbocycles. The van der Waals surface area contributed by atoms with Crippen LogP contribution < -0.4 is 5.32 Å². The van der Waals surface area contributed by atoms with Gasteiger partial charge < -0.3 is 13.9 Å². The SMILES string of the molecule is COC(=O)Nc1oc(C)c(C(=O)OC)c1C#N. The minimum absolute atomic E-state index is 0.0126. The number of hydrogen-bond donors (Lipinski definition) is 1. The number of carbonyl (C=O) groups is 2. The average molecular weight is 238 g/mol. The van der Waals surface area contributed by atoms with E-state index < -0.39 is 12.1 Å². The maximum Gasteiger partial charge on any atom is 0.413 e. The zero-order chi connectivity index (χ0) is 13.0. The fourth-order valence-electron chi connectivity index (χ4n) is 1.23. The first-order chi connectivity index (χ1) is 8.04. The van der Waals surface area contributed by atoms with Crippen molar-refractivity contribution in [2.45, 2.75) is 6.92 Å². The lowest BCUT2D eigenvalue weighted by Crippen LogP contribution is -2.11. The molecule has 0 unspecified atom stereocenters. The topological polar surface area (TPSA) is 102 Å². The van der Waals surface area contributed by atoms with Crippen molar-refractivity contribution in [3.63, 3.8) is 0 Å². The predicted molar refractivity (Wildman–Crippen MR) is 55.5 cm³/mol. The molecule has 0 aliphatic heterocycles. The highest BCUT2D eigenvalue weighted by atomic mass is 16.5. The van der Waals surface area contributed by atoms with E-state index in [1.54, 1.807) is 6.07 Å². The molecule has 0 fully saturated rings. The molecular weight excluding hydrogens is 228 g/mol. The van der Waals surface area contributed by atoms with Gasteiger partial charge in [-0.05, 0) is 6.92 Å². The van der Waals surface area contributed by atoms with Crippen LogP contribution in [0.3, 0.4) is 0 Å². The van der Waals surface area contributed by atoms with Crippen molar-refractivity contribution in [1.29, 1.82) is 5.26 Å². The number of esters is 1. The van der Waals surface area contributed by atoms with Gasteiger partial charge in [-0.15, -0.1) is 0 Å². The molecule has 0 radical (unpaired) electrons. The summed E-state index contributed by atoms with van der Waals surface area (Å²) in [5.74, 6) is -0.669. The summed E-state index contributed by atoms with van der Waals surface area (Å²) in [5.41, 5.74) is -0.110. The van der Waals surface area contributed by atoms with Crippen molar-refractivity contribution < 1.29 is 23.5 Å². The summed E-state index contributed by atoms with van der Waals surface area (Å²) in [6.45, 7) is 1.48. The number of furan rings is 1. The van der Waals surface area contributed by atoms with Crippen molar-refractivity contribution in [1.82, 2.24) is 0 Å². The van der Waals surface area contributed by atoms with Gasteiger partial charge in [-0.3, -0.25) is 5.32 Å². The zero-order valence-corrected chi connectivity index (χ0v) is 9.49. The van der Waals surface area contributed by atoms with Gasteiger partial charge in [0.05, 0.1) is 14.2 Å². The van der Waals surface area contributed by atoms with Crippen LogP contribution in [0.25, 0.3) is 0 Å². The van der Waals surface area contributed by atoms with E-state index in [4.69, 9.17) is 9.68 Å². The number of nitriles is 1. The van der Waals surface area contributed by atoms with Gasteiger partial charge in [-0.25, -0.2) is 9.59 Å². The minimum atomic E-state index is -0.799. The van der Waals surface area contributed by atoms with Gasteiger partial charge in [0.25, 0.3) is 0 Å². The molecule has 0 saturated heterocycles. The number of methoxy groups -OCH3 is 2. The van der Waals surface area contributed by atoms with Gasteiger partial charge in [0, 0.05) is 0 Å². The van der Waals surface area contributed by atoms with Gasteiger partial charge >= 0.3 is 12.1 Å². The molecule has 7 nitrogen and oxygen atoms in total. The highest BCUT2D eigenvalue weighted by molar-refractivity contribution is 5.96. The van der Waals surface area contributed by atoms with Gasteiger partial charge in [0.15, 0.2) is 0 Å². The van der Waals surface area contributed by atoms with Crippen LogP contribution in [0.1, 0.15) is 21.7 Å². The van der Waals surface area contributed by atoms with Crippen LogP contribution in [0, 0.1) is 18.3 Å². The number of rotatable bonds is 2. The average Bonchev–Trinajstić information content (AvgIpc) is 2.63. The maximum absolute atomic E-state index is 11.4. The number of aryl methyl sites for hydroxylation is 1. The lowest BCUT2D eigenvalue weighted by molar-refractivity contribution is 0.0598. The highest BCUT2D eigenvalue weighted by Gasteiger charge is 2.25. The molecule has 0 aromatic carbocycles. The summed E-state index contributed by atoms with van der Waals surface area (Å²) in [4.78, 5) is 22.4. The van der Waals surface area contributed by atoms with Crippen LogP contribution in [0.2, 0.25) is 0 Å². The highest BCUT2D eigenvalue weighted by Crippen LogP contribution is 2.26. The lowest BCUT2D eigenvalue weighted by atomic mass is 10.1. The van der Waals surface area contributed by atoms with Crippen molar-refractivity contribution in [2.75, 3.05) is 19.5 Å². The summed E-state index contributed by atoms with van der Waals surface area (Å²) in [6.07, 6.45) is -0.799. The van der Waals surface area contributed by atoms with Crippen molar-refractivity contribution >= 4 is 17.9 Å². The first-order valence-electron chi connectivity index (χ1n) is 4.51. The fourth-order valence-corrected chi connectivity index (χ4v) is 1.23. The summed E-state index contributed by atoms with van der Waals surface area (Å²) >= 11 is 0. The van der Waals surface area contributed by atoms with Crippen LogP contribution in [-0.2, 0) is 9.47 Å². The van der Waals surface area contributed by atoms with E-state index in [1.165, 1.54) is 21.1 Å². The van der Waals surface area contributed by atoms with E-state index >= 15 is 0 Å². The Morgan fingerprint density at radius 2 is 2.00 bits per heavy atom. The maximum atomic E-state index is 11.4. The van der Waals surface area contributed by atoms with Gasteiger partial charge in [0.2, 0.25) is 5.88 Å². The quantitative estimate of drug-likeness (QED) is 0.782. The number of carbonyl (C=O) groups excluding carboxylic acids is 2. The predicted octanol–water partition coefficient (Wildman–Crippen LogP) is 1.42. The van der Waals surface area contributed by atoms with E-state index in [2.05, 4.69) is 14.8 Å². The van der Waals surface area contributed by atoms with Gasteiger partial charge in [0.1, 0.15) is 23.0 Å². The Bertz CT molecular complexity index is 498. The van der Waals surface area contributed by atoms with Crippen LogP contribution >= 0.6 is 0 Å². The molecule has 0 saturated carbocycles. The Hall–Kier alpha value is -2.49. The third kappa shape index (κ3) is 2.36. The Kier molecular flexibility index (Phi) is 3.72. The smallest absolute Gasteiger partial charge is 0.413 e. The molecule has 1 aromatic rings. The number of amides is 1. The largest absolute Gasteiger partial charge is 0.465 e. The molecule has 1 aromatic heterocycles. The van der Waals surface area contributed by atoms with Crippen LogP contribution in [-0.4, -0.2) is 26.3 Å². The number of nitrogens with zero attached hydrogens (tertiary/aromatic N) is 1. The van der Waals surface area contributed by atoms with E-state index in [1.807, 2.05) is 0 Å². The molecule has 1 amide bonds. The standard InChI is InChI=1S/C10H10N2O5/c1-5-7(9(13)15-2)6(4-11)8(17-5)12-10(14)16-3/h1-3H3,(H,12,14). The molecule has 1 N–H and O–H groups in total. The van der Waals surface area contributed by atoms with E-state index in [0.29, 0.717) is 0 Å². The van der Waals surface area contributed by atoms with E-state index in [9.17, 15) is 9.59 Å². The summed E-state index contributed by atoms with van der Waals surface area (Å²) < 4.78 is 14.0. The molecule has 0 spiro atoms. The summed E-state index contributed by atoms with van der Waals surface area (Å²) in [6, 6.07) is 1.76. The zero-order valence-electron chi connectivity index (χ0n) is 9.49. The monoisotopic (exact) mass is 238 g/mol. The van der Waals surface area contributed by atoms with Crippen molar-refractivity contribution in [2.24, 2.45) is 0 Å². The van der Waals surface area contributed by atoms with Gasteiger partial charge in [-0.2, -0.15) is 5.26 Å². The number of ether oxygens (including phenoxy) is 2. The van der Waals surface area contributed by atoms with Crippen LogP contribution in [0.5, 0.6) is 0 Å². The van der Waals surface area contributed by atoms with Crippen molar-refractivity contribution in [3.05, 3.63) is 16.9 Å². The lowest BCUT2D eigenvalue weighted by Gasteiger charge is -1.99. The number of anilines is 1. The summed E-state index contributed by atoms with van der Waals surface area (Å²) in [5, 5.41) is 11.1. The second-order valence-corrected chi connectivity index (χ2v) is 2.96.